The van der Waals surface area contributed by atoms with Crippen molar-refractivity contribution in [1.29, 1.82) is 0 Å². The fourth-order valence-electron chi connectivity index (χ4n) is 6.90. The molecule has 0 aliphatic rings. The minimum absolute atomic E-state index is 0.477. The van der Waals surface area contributed by atoms with Gasteiger partial charge in [-0.25, -0.2) is 19.9 Å². The lowest BCUT2D eigenvalue weighted by molar-refractivity contribution is 0.669. The summed E-state index contributed by atoms with van der Waals surface area (Å²) in [6.45, 7) is 0. The van der Waals surface area contributed by atoms with E-state index in [2.05, 4.69) is 124 Å². The second-order valence-electron chi connectivity index (χ2n) is 11.5. The van der Waals surface area contributed by atoms with Gasteiger partial charge < -0.3 is 4.42 Å². The molecule has 10 rings (SSSR count). The molecule has 6 nitrogen and oxygen atoms in total. The van der Waals surface area contributed by atoms with Crippen LogP contribution in [-0.4, -0.2) is 24.5 Å². The van der Waals surface area contributed by atoms with Gasteiger partial charge in [0.1, 0.15) is 16.9 Å². The van der Waals surface area contributed by atoms with Crippen LogP contribution in [0.4, 0.5) is 0 Å². The van der Waals surface area contributed by atoms with Gasteiger partial charge in [0.2, 0.25) is 0 Å². The standard InChI is InChI=1S/C40H23N5O/c1-2-10-24(11-3-1)27-15-9-18-32-35(27)31-22-25-12-4-5-13-26(25)23-33(31)45(32)40-36(43-38-39(44-40)42-21-20-41-38)30-17-8-16-29-28-14-6-7-19-34(28)46-37(29)30/h1-23H. The number of nitrogens with zero attached hydrogens (tertiary/aromatic N) is 5. The molecular formula is C40H23N5O. The topological polar surface area (TPSA) is 69.6 Å². The van der Waals surface area contributed by atoms with Crippen molar-refractivity contribution in [2.75, 3.05) is 0 Å². The number of aromatic nitrogens is 5. The highest BCUT2D eigenvalue weighted by Crippen LogP contribution is 2.43. The normalized spacial score (nSPS) is 11.9. The smallest absolute Gasteiger partial charge is 0.199 e. The van der Waals surface area contributed by atoms with Gasteiger partial charge in [-0.15, -0.1) is 0 Å². The monoisotopic (exact) mass is 589 g/mol. The van der Waals surface area contributed by atoms with Gasteiger partial charge in [0.15, 0.2) is 17.1 Å². The van der Waals surface area contributed by atoms with E-state index in [-0.39, 0.29) is 0 Å². The zero-order valence-corrected chi connectivity index (χ0v) is 24.4. The van der Waals surface area contributed by atoms with Crippen molar-refractivity contribution < 1.29 is 4.42 Å². The van der Waals surface area contributed by atoms with E-state index in [1.54, 1.807) is 12.4 Å². The number of hydrogen-bond donors (Lipinski definition) is 0. The largest absolute Gasteiger partial charge is 0.455 e. The van der Waals surface area contributed by atoms with Gasteiger partial charge in [-0.3, -0.25) is 4.57 Å². The number of furan rings is 1. The maximum Gasteiger partial charge on any atom is 0.199 e. The van der Waals surface area contributed by atoms with Crippen LogP contribution in [0.5, 0.6) is 0 Å². The minimum atomic E-state index is 0.477. The third-order valence-electron chi connectivity index (χ3n) is 8.92. The molecule has 10 aromatic rings. The van der Waals surface area contributed by atoms with Gasteiger partial charge >= 0.3 is 0 Å². The Morgan fingerprint density at radius 2 is 1.22 bits per heavy atom. The number of para-hydroxylation sites is 2. The van der Waals surface area contributed by atoms with Crippen LogP contribution < -0.4 is 0 Å². The predicted molar refractivity (Wildman–Crippen MR) is 185 cm³/mol. The quantitative estimate of drug-likeness (QED) is 0.205. The van der Waals surface area contributed by atoms with Crippen LogP contribution in [0.2, 0.25) is 0 Å². The average Bonchev–Trinajstić information content (AvgIpc) is 3.66. The fraction of sp³-hybridized carbons (Fsp3) is 0. The van der Waals surface area contributed by atoms with E-state index in [0.29, 0.717) is 22.8 Å². The molecule has 0 radical (unpaired) electrons. The molecule has 0 spiro atoms. The first kappa shape index (κ1) is 25.0. The van der Waals surface area contributed by atoms with Crippen LogP contribution in [0.25, 0.3) is 94.0 Å². The molecule has 0 atom stereocenters. The molecule has 0 fully saturated rings. The molecule has 6 aromatic carbocycles. The minimum Gasteiger partial charge on any atom is -0.455 e. The molecule has 0 bridgehead atoms. The van der Waals surface area contributed by atoms with Crippen LogP contribution in [-0.2, 0) is 0 Å². The summed E-state index contributed by atoms with van der Waals surface area (Å²) < 4.78 is 8.76. The van der Waals surface area contributed by atoms with Crippen molar-refractivity contribution in [1.82, 2.24) is 24.5 Å². The number of hydrogen-bond acceptors (Lipinski definition) is 5. The second kappa shape index (κ2) is 9.55. The molecule has 0 amide bonds. The Morgan fingerprint density at radius 1 is 0.522 bits per heavy atom. The Labute approximate surface area is 262 Å². The van der Waals surface area contributed by atoms with Gasteiger partial charge in [-0.2, -0.15) is 0 Å². The second-order valence-corrected chi connectivity index (χ2v) is 11.5. The molecule has 0 unspecified atom stereocenters. The van der Waals surface area contributed by atoms with E-state index in [9.17, 15) is 0 Å². The summed E-state index contributed by atoms with van der Waals surface area (Å²) in [7, 11) is 0. The lowest BCUT2D eigenvalue weighted by Gasteiger charge is -2.13. The number of fused-ring (bicyclic) bond motifs is 8. The third-order valence-corrected chi connectivity index (χ3v) is 8.92. The van der Waals surface area contributed by atoms with Crippen LogP contribution in [0.3, 0.4) is 0 Å². The highest BCUT2D eigenvalue weighted by Gasteiger charge is 2.24. The molecule has 214 valence electrons. The van der Waals surface area contributed by atoms with Gasteiger partial charge in [-0.05, 0) is 52.2 Å². The van der Waals surface area contributed by atoms with Crippen molar-refractivity contribution in [2.45, 2.75) is 0 Å². The number of rotatable bonds is 3. The zero-order valence-electron chi connectivity index (χ0n) is 24.4. The Balaban J connectivity index is 1.39. The Hall–Kier alpha value is -6.40. The Morgan fingerprint density at radius 3 is 2.09 bits per heavy atom. The molecule has 6 heteroatoms. The van der Waals surface area contributed by atoms with Crippen LogP contribution >= 0.6 is 0 Å². The Bertz CT molecular complexity index is 2820. The van der Waals surface area contributed by atoms with Gasteiger partial charge in [0.05, 0.1) is 11.0 Å². The zero-order chi connectivity index (χ0) is 30.2. The SMILES string of the molecule is c1ccc(-c2cccc3c2c2cc4ccccc4cc2n3-c2nc3nccnc3nc2-c2cccc3c2oc2ccccc23)cc1. The highest BCUT2D eigenvalue weighted by atomic mass is 16.3. The number of benzene rings is 6. The first-order valence-corrected chi connectivity index (χ1v) is 15.2. The van der Waals surface area contributed by atoms with Crippen LogP contribution in [0.15, 0.2) is 144 Å². The summed E-state index contributed by atoms with van der Waals surface area (Å²) in [5.41, 5.74) is 8.45. The van der Waals surface area contributed by atoms with E-state index in [1.807, 2.05) is 18.2 Å². The summed E-state index contributed by atoms with van der Waals surface area (Å²) >= 11 is 0. The highest BCUT2D eigenvalue weighted by molar-refractivity contribution is 6.19. The molecular weight excluding hydrogens is 566 g/mol. The van der Waals surface area contributed by atoms with Gasteiger partial charge in [-0.1, -0.05) is 97.1 Å². The van der Waals surface area contributed by atoms with E-state index in [4.69, 9.17) is 14.4 Å². The van der Waals surface area contributed by atoms with E-state index in [1.165, 1.54) is 5.39 Å². The van der Waals surface area contributed by atoms with Gasteiger partial charge in [0, 0.05) is 39.5 Å². The summed E-state index contributed by atoms with van der Waals surface area (Å²) in [5.74, 6) is 0.668. The lowest BCUT2D eigenvalue weighted by atomic mass is 9.98. The van der Waals surface area contributed by atoms with Crippen molar-refractivity contribution in [2.24, 2.45) is 0 Å². The molecule has 0 aliphatic heterocycles. The first-order valence-electron chi connectivity index (χ1n) is 15.2. The van der Waals surface area contributed by atoms with Crippen LogP contribution in [0.1, 0.15) is 0 Å². The lowest BCUT2D eigenvalue weighted by Crippen LogP contribution is -2.05. The Kier molecular flexibility index (Phi) is 5.19. The van der Waals surface area contributed by atoms with Crippen molar-refractivity contribution >= 4 is 65.8 Å². The maximum atomic E-state index is 6.52. The van der Waals surface area contributed by atoms with Crippen molar-refractivity contribution in [3.8, 4) is 28.2 Å². The van der Waals surface area contributed by atoms with E-state index < -0.39 is 0 Å². The first-order chi connectivity index (χ1) is 22.8. The summed E-state index contributed by atoms with van der Waals surface area (Å²) in [5, 5.41) is 6.71. The molecule has 0 saturated carbocycles. The summed E-state index contributed by atoms with van der Waals surface area (Å²) in [6.07, 6.45) is 3.31. The van der Waals surface area contributed by atoms with E-state index in [0.717, 1.165) is 65.8 Å². The molecule has 46 heavy (non-hydrogen) atoms. The molecule has 4 heterocycles. The van der Waals surface area contributed by atoms with Crippen molar-refractivity contribution in [3.63, 3.8) is 0 Å². The molecule has 0 N–H and O–H groups in total. The van der Waals surface area contributed by atoms with Crippen molar-refractivity contribution in [3.05, 3.63) is 140 Å². The maximum absolute atomic E-state index is 6.52. The summed E-state index contributed by atoms with van der Waals surface area (Å²) in [6, 6.07) is 44.4. The third kappa shape index (κ3) is 3.58. The van der Waals surface area contributed by atoms with E-state index >= 15 is 0 Å². The fourth-order valence-corrected chi connectivity index (χ4v) is 6.90. The van der Waals surface area contributed by atoms with Crippen LogP contribution in [0, 0.1) is 0 Å². The molecule has 0 saturated heterocycles. The molecule has 4 aromatic heterocycles. The van der Waals surface area contributed by atoms with Gasteiger partial charge in [0.25, 0.3) is 0 Å². The average molecular weight is 590 g/mol. The predicted octanol–water partition coefficient (Wildman–Crippen LogP) is 9.90. The molecule has 0 aliphatic carbocycles. The summed E-state index contributed by atoms with van der Waals surface area (Å²) in [4.78, 5) is 19.5.